The quantitative estimate of drug-likeness (QED) is 0.565. The first-order chi connectivity index (χ1) is 16.5. The Balaban J connectivity index is 1.57. The molecule has 1 aromatic heterocycles. The fourth-order valence-corrected chi connectivity index (χ4v) is 5.32. The molecule has 7 nitrogen and oxygen atoms in total. The van der Waals surface area contributed by atoms with Crippen molar-refractivity contribution in [3.8, 4) is 22.9 Å². The van der Waals surface area contributed by atoms with Gasteiger partial charge in [0.15, 0.2) is 0 Å². The number of nitrogens with zero attached hydrogens (tertiary/aromatic N) is 4. The van der Waals surface area contributed by atoms with Gasteiger partial charge in [0, 0.05) is 55.6 Å². The normalized spacial score (nSPS) is 18.3. The number of carbonyl (C=O) groups excluding carboxylic acids is 1. The lowest BCUT2D eigenvalue weighted by Crippen LogP contribution is -2.49. The summed E-state index contributed by atoms with van der Waals surface area (Å²) in [5.74, 6) is 0.621. The van der Waals surface area contributed by atoms with Crippen molar-refractivity contribution < 1.29 is 13.7 Å². The van der Waals surface area contributed by atoms with Crippen LogP contribution >= 0.6 is 0 Å². The van der Waals surface area contributed by atoms with Gasteiger partial charge in [-0.1, -0.05) is 24.3 Å². The van der Waals surface area contributed by atoms with Gasteiger partial charge in [0.25, 0.3) is 5.91 Å². The Bertz CT molecular complexity index is 1320. The van der Waals surface area contributed by atoms with Crippen LogP contribution in [0.15, 0.2) is 48.7 Å². The molecular formula is C26H26N4O3S. The van der Waals surface area contributed by atoms with Crippen LogP contribution in [-0.2, 0) is 16.4 Å². The van der Waals surface area contributed by atoms with E-state index in [1.54, 1.807) is 19.6 Å². The van der Waals surface area contributed by atoms with Gasteiger partial charge in [-0.25, -0.2) is 8.51 Å². The summed E-state index contributed by atoms with van der Waals surface area (Å²) in [5, 5.41) is 10.4. The SMILES string of the molecule is COc1ccc2c(-c3ccc(C4(C#N)CC4)cc3)c(C(=O)N3CCN(S(C)=O)CC3)cnc2c1. The predicted octanol–water partition coefficient (Wildman–Crippen LogP) is 3.52. The number of aromatic nitrogens is 1. The highest BCUT2D eigenvalue weighted by Gasteiger charge is 2.44. The summed E-state index contributed by atoms with van der Waals surface area (Å²) in [6, 6.07) is 16.1. The van der Waals surface area contributed by atoms with Crippen molar-refractivity contribution in [3.63, 3.8) is 0 Å². The summed E-state index contributed by atoms with van der Waals surface area (Å²) in [7, 11) is 0.578. The number of hydrogen-bond acceptors (Lipinski definition) is 5. The minimum atomic E-state index is -1.04. The smallest absolute Gasteiger partial charge is 0.256 e. The van der Waals surface area contributed by atoms with Gasteiger partial charge >= 0.3 is 0 Å². The standard InChI is InChI=1S/C26H26N4O3S/c1-33-20-7-8-21-23(15-20)28-16-22(25(31)29-11-13-30(14-12-29)34(2)32)24(21)18-3-5-19(6-4-18)26(17-27)9-10-26/h3-8,15-16H,9-14H2,1-2H3. The first-order valence-electron chi connectivity index (χ1n) is 11.3. The Kier molecular flexibility index (Phi) is 5.84. The first-order valence-corrected chi connectivity index (χ1v) is 12.8. The Morgan fingerprint density at radius 3 is 2.41 bits per heavy atom. The van der Waals surface area contributed by atoms with Crippen LogP contribution < -0.4 is 4.74 Å². The second-order valence-corrected chi connectivity index (χ2v) is 10.2. The molecule has 1 aliphatic heterocycles. The number of pyridine rings is 1. The third-order valence-corrected chi connectivity index (χ3v) is 7.98. The molecule has 1 aliphatic carbocycles. The zero-order chi connectivity index (χ0) is 23.9. The number of nitriles is 1. The molecular weight excluding hydrogens is 448 g/mol. The summed E-state index contributed by atoms with van der Waals surface area (Å²) in [5.41, 5.74) is 3.69. The second kappa shape index (κ2) is 8.82. The predicted molar refractivity (Wildman–Crippen MR) is 132 cm³/mol. The minimum Gasteiger partial charge on any atom is -0.497 e. The van der Waals surface area contributed by atoms with E-state index in [0.717, 1.165) is 40.4 Å². The summed E-state index contributed by atoms with van der Waals surface area (Å²) in [6.45, 7) is 2.19. The number of rotatable bonds is 5. The first kappa shape index (κ1) is 22.5. The summed E-state index contributed by atoms with van der Waals surface area (Å²) in [4.78, 5) is 20.0. The van der Waals surface area contributed by atoms with Crippen LogP contribution in [0.4, 0.5) is 0 Å². The number of benzene rings is 2. The monoisotopic (exact) mass is 474 g/mol. The van der Waals surface area contributed by atoms with Crippen molar-refractivity contribution in [3.05, 3.63) is 59.8 Å². The topological polar surface area (TPSA) is 86.5 Å². The van der Waals surface area contributed by atoms with Crippen molar-refractivity contribution in [1.29, 1.82) is 5.26 Å². The van der Waals surface area contributed by atoms with Gasteiger partial charge in [0.2, 0.25) is 0 Å². The third kappa shape index (κ3) is 3.95. The van der Waals surface area contributed by atoms with Gasteiger partial charge < -0.3 is 9.64 Å². The summed E-state index contributed by atoms with van der Waals surface area (Å²) in [6.07, 6.45) is 5.09. The molecule has 2 heterocycles. The molecule has 34 heavy (non-hydrogen) atoms. The Morgan fingerprint density at radius 2 is 1.82 bits per heavy atom. The zero-order valence-electron chi connectivity index (χ0n) is 19.3. The van der Waals surface area contributed by atoms with Crippen LogP contribution in [0.2, 0.25) is 0 Å². The van der Waals surface area contributed by atoms with Gasteiger partial charge in [0.05, 0.1) is 40.7 Å². The maximum atomic E-state index is 13.6. The van der Waals surface area contributed by atoms with Gasteiger partial charge in [0.1, 0.15) is 5.75 Å². The maximum Gasteiger partial charge on any atom is 0.256 e. The van der Waals surface area contributed by atoms with E-state index >= 15 is 0 Å². The van der Waals surface area contributed by atoms with E-state index in [4.69, 9.17) is 4.74 Å². The van der Waals surface area contributed by atoms with Crippen molar-refractivity contribution in [2.24, 2.45) is 0 Å². The lowest BCUT2D eigenvalue weighted by molar-refractivity contribution is 0.0701. The van der Waals surface area contributed by atoms with Crippen LogP contribution in [0.3, 0.4) is 0 Å². The van der Waals surface area contributed by atoms with Gasteiger partial charge in [-0.2, -0.15) is 5.26 Å². The van der Waals surface area contributed by atoms with Crippen molar-refractivity contribution in [1.82, 2.24) is 14.2 Å². The molecule has 2 fully saturated rings. The molecule has 1 atom stereocenters. The molecule has 0 N–H and O–H groups in total. The van der Waals surface area contributed by atoms with E-state index in [1.165, 1.54) is 0 Å². The molecule has 1 amide bonds. The number of amides is 1. The average Bonchev–Trinajstić information content (AvgIpc) is 3.69. The van der Waals surface area contributed by atoms with E-state index < -0.39 is 11.0 Å². The molecule has 5 rings (SSSR count). The van der Waals surface area contributed by atoms with Crippen LogP contribution in [-0.4, -0.2) is 63.8 Å². The molecule has 0 radical (unpaired) electrons. The molecule has 8 heteroatoms. The number of piperazine rings is 1. The van der Waals surface area contributed by atoms with Gasteiger partial charge in [-0.15, -0.1) is 0 Å². The fraction of sp³-hybridized carbons (Fsp3) is 0.346. The molecule has 174 valence electrons. The Labute approximate surface area is 201 Å². The van der Waals surface area contributed by atoms with Crippen LogP contribution in [0.1, 0.15) is 28.8 Å². The van der Waals surface area contributed by atoms with Crippen LogP contribution in [0.25, 0.3) is 22.0 Å². The highest BCUT2D eigenvalue weighted by molar-refractivity contribution is 7.81. The number of carbonyl (C=O) groups is 1. The van der Waals surface area contributed by atoms with E-state index in [-0.39, 0.29) is 11.3 Å². The second-order valence-electron chi connectivity index (χ2n) is 8.85. The molecule has 2 aromatic carbocycles. The lowest BCUT2D eigenvalue weighted by atomic mass is 9.91. The van der Waals surface area contributed by atoms with E-state index in [2.05, 4.69) is 11.1 Å². The van der Waals surface area contributed by atoms with Gasteiger partial charge in [-0.3, -0.25) is 9.78 Å². The average molecular weight is 475 g/mol. The summed E-state index contributed by atoms with van der Waals surface area (Å²) < 4.78 is 19.0. The van der Waals surface area contributed by atoms with Gasteiger partial charge in [-0.05, 0) is 36.1 Å². The minimum absolute atomic E-state index is 0.0819. The van der Waals surface area contributed by atoms with Crippen molar-refractivity contribution >= 4 is 27.8 Å². The van der Waals surface area contributed by atoms with E-state index in [0.29, 0.717) is 37.5 Å². The molecule has 0 bridgehead atoms. The third-order valence-electron chi connectivity index (χ3n) is 6.89. The molecule has 1 saturated heterocycles. The van der Waals surface area contributed by atoms with Crippen LogP contribution in [0, 0.1) is 11.3 Å². The summed E-state index contributed by atoms with van der Waals surface area (Å²) >= 11 is 0. The number of ether oxygens (including phenoxy) is 1. The molecule has 2 aliphatic rings. The fourth-order valence-electron chi connectivity index (χ4n) is 4.64. The zero-order valence-corrected chi connectivity index (χ0v) is 20.1. The molecule has 1 saturated carbocycles. The highest BCUT2D eigenvalue weighted by atomic mass is 32.2. The Morgan fingerprint density at radius 1 is 1.12 bits per heavy atom. The number of fused-ring (bicyclic) bond motifs is 1. The lowest BCUT2D eigenvalue weighted by Gasteiger charge is -2.33. The van der Waals surface area contributed by atoms with Crippen molar-refractivity contribution in [2.75, 3.05) is 39.5 Å². The Hall–Kier alpha value is -3.28. The molecule has 3 aromatic rings. The maximum absolute atomic E-state index is 13.6. The molecule has 0 spiro atoms. The van der Waals surface area contributed by atoms with Crippen molar-refractivity contribution in [2.45, 2.75) is 18.3 Å². The van der Waals surface area contributed by atoms with E-state index in [1.807, 2.05) is 51.7 Å². The molecule has 1 unspecified atom stereocenters. The number of methoxy groups -OCH3 is 1. The van der Waals surface area contributed by atoms with Crippen LogP contribution in [0.5, 0.6) is 5.75 Å². The largest absolute Gasteiger partial charge is 0.497 e. The highest BCUT2D eigenvalue weighted by Crippen LogP contribution is 2.48. The van der Waals surface area contributed by atoms with E-state index in [9.17, 15) is 14.3 Å². The number of hydrogen-bond donors (Lipinski definition) is 0.